The van der Waals surface area contributed by atoms with Crippen LogP contribution in [0.5, 0.6) is 0 Å². The number of H-pyrrole nitrogens is 1. The lowest BCUT2D eigenvalue weighted by molar-refractivity contribution is 0.983. The van der Waals surface area contributed by atoms with Crippen LogP contribution in [0.1, 0.15) is 30.3 Å². The third-order valence-electron chi connectivity index (χ3n) is 2.58. The molecule has 0 radical (unpaired) electrons. The number of rotatable bonds is 1. The standard InChI is InChI=1S/C10H10BrN3/c1-5-7(11)4-8-10(12-5)14-9(13-8)6-2-3-6/h4,6H,2-3H2,1H3,(H,12,13,14). The Morgan fingerprint density at radius 2 is 2.21 bits per heavy atom. The van der Waals surface area contributed by atoms with Crippen LogP contribution in [0.3, 0.4) is 0 Å². The lowest BCUT2D eigenvalue weighted by Crippen LogP contribution is -1.83. The van der Waals surface area contributed by atoms with Gasteiger partial charge in [-0.15, -0.1) is 0 Å². The van der Waals surface area contributed by atoms with E-state index in [1.807, 2.05) is 13.0 Å². The highest BCUT2D eigenvalue weighted by molar-refractivity contribution is 9.10. The molecule has 0 unspecified atom stereocenters. The van der Waals surface area contributed by atoms with Crippen LogP contribution in [-0.2, 0) is 0 Å². The van der Waals surface area contributed by atoms with E-state index in [4.69, 9.17) is 0 Å². The van der Waals surface area contributed by atoms with Gasteiger partial charge in [-0.3, -0.25) is 0 Å². The van der Waals surface area contributed by atoms with Gasteiger partial charge in [-0.25, -0.2) is 9.97 Å². The van der Waals surface area contributed by atoms with Gasteiger partial charge < -0.3 is 4.98 Å². The Labute approximate surface area is 90.1 Å². The monoisotopic (exact) mass is 251 g/mol. The molecule has 72 valence electrons. The number of aromatic nitrogens is 3. The van der Waals surface area contributed by atoms with Gasteiger partial charge in [0, 0.05) is 10.4 Å². The van der Waals surface area contributed by atoms with Crippen LogP contribution in [0, 0.1) is 6.92 Å². The molecule has 0 spiro atoms. The van der Waals surface area contributed by atoms with E-state index in [1.54, 1.807) is 0 Å². The molecule has 0 amide bonds. The Hall–Kier alpha value is -0.900. The predicted octanol–water partition coefficient (Wildman–Crippen LogP) is 2.91. The molecule has 0 aromatic carbocycles. The van der Waals surface area contributed by atoms with Gasteiger partial charge in [-0.05, 0) is 41.8 Å². The third-order valence-corrected chi connectivity index (χ3v) is 3.39. The topological polar surface area (TPSA) is 41.6 Å². The number of halogens is 1. The molecule has 1 saturated carbocycles. The van der Waals surface area contributed by atoms with Crippen LogP contribution in [-0.4, -0.2) is 15.0 Å². The summed E-state index contributed by atoms with van der Waals surface area (Å²) in [6.07, 6.45) is 2.53. The Bertz CT molecular complexity index is 460. The lowest BCUT2D eigenvalue weighted by atomic mass is 10.3. The number of hydrogen-bond donors (Lipinski definition) is 1. The van der Waals surface area contributed by atoms with Crippen molar-refractivity contribution in [3.8, 4) is 0 Å². The number of aromatic amines is 1. The molecular weight excluding hydrogens is 242 g/mol. The van der Waals surface area contributed by atoms with Crippen molar-refractivity contribution in [3.63, 3.8) is 0 Å². The molecule has 1 aliphatic rings. The van der Waals surface area contributed by atoms with Crippen molar-refractivity contribution in [2.24, 2.45) is 0 Å². The summed E-state index contributed by atoms with van der Waals surface area (Å²) in [5, 5.41) is 0. The number of aryl methyl sites for hydroxylation is 1. The van der Waals surface area contributed by atoms with Crippen molar-refractivity contribution in [1.29, 1.82) is 0 Å². The predicted molar refractivity (Wildman–Crippen MR) is 58.3 cm³/mol. The molecule has 2 aromatic rings. The second-order valence-electron chi connectivity index (χ2n) is 3.82. The van der Waals surface area contributed by atoms with Gasteiger partial charge in [0.05, 0.1) is 5.69 Å². The Kier molecular flexibility index (Phi) is 1.68. The maximum absolute atomic E-state index is 4.53. The minimum Gasteiger partial charge on any atom is -0.326 e. The first-order chi connectivity index (χ1) is 6.74. The molecule has 1 N–H and O–H groups in total. The van der Waals surface area contributed by atoms with Gasteiger partial charge >= 0.3 is 0 Å². The summed E-state index contributed by atoms with van der Waals surface area (Å²) >= 11 is 3.46. The molecule has 4 heteroatoms. The van der Waals surface area contributed by atoms with Crippen molar-refractivity contribution < 1.29 is 0 Å². The number of nitrogens with one attached hydrogen (secondary N) is 1. The van der Waals surface area contributed by atoms with E-state index in [2.05, 4.69) is 30.9 Å². The van der Waals surface area contributed by atoms with Crippen molar-refractivity contribution in [2.45, 2.75) is 25.7 Å². The van der Waals surface area contributed by atoms with Crippen LogP contribution in [0.25, 0.3) is 11.2 Å². The van der Waals surface area contributed by atoms with E-state index >= 15 is 0 Å². The largest absolute Gasteiger partial charge is 0.326 e. The summed E-state index contributed by atoms with van der Waals surface area (Å²) in [7, 11) is 0. The second-order valence-corrected chi connectivity index (χ2v) is 4.67. The molecule has 2 heterocycles. The molecule has 2 aromatic heterocycles. The smallest absolute Gasteiger partial charge is 0.157 e. The molecule has 3 rings (SSSR count). The number of hydrogen-bond acceptors (Lipinski definition) is 2. The van der Waals surface area contributed by atoms with Gasteiger partial charge in [-0.2, -0.15) is 0 Å². The highest BCUT2D eigenvalue weighted by atomic mass is 79.9. The fourth-order valence-corrected chi connectivity index (χ4v) is 1.88. The lowest BCUT2D eigenvalue weighted by Gasteiger charge is -1.94. The fourth-order valence-electron chi connectivity index (χ4n) is 1.58. The minimum atomic E-state index is 0.656. The van der Waals surface area contributed by atoms with E-state index in [9.17, 15) is 0 Å². The molecular formula is C10H10BrN3. The zero-order chi connectivity index (χ0) is 9.71. The first-order valence-electron chi connectivity index (χ1n) is 4.77. The summed E-state index contributed by atoms with van der Waals surface area (Å²) in [6, 6.07) is 2.03. The van der Waals surface area contributed by atoms with Crippen molar-refractivity contribution in [3.05, 3.63) is 22.1 Å². The van der Waals surface area contributed by atoms with Crippen LogP contribution >= 0.6 is 15.9 Å². The molecule has 0 atom stereocenters. The van der Waals surface area contributed by atoms with Crippen LogP contribution in [0.15, 0.2) is 10.5 Å². The van der Waals surface area contributed by atoms with Gasteiger partial charge in [0.15, 0.2) is 5.65 Å². The van der Waals surface area contributed by atoms with E-state index < -0.39 is 0 Å². The zero-order valence-electron chi connectivity index (χ0n) is 7.84. The quantitative estimate of drug-likeness (QED) is 0.847. The molecule has 1 fully saturated rings. The van der Waals surface area contributed by atoms with Crippen molar-refractivity contribution in [2.75, 3.05) is 0 Å². The van der Waals surface area contributed by atoms with Crippen molar-refractivity contribution in [1.82, 2.24) is 15.0 Å². The summed E-state index contributed by atoms with van der Waals surface area (Å²) in [4.78, 5) is 12.3. The minimum absolute atomic E-state index is 0.656. The summed E-state index contributed by atoms with van der Waals surface area (Å²) < 4.78 is 1.03. The maximum Gasteiger partial charge on any atom is 0.157 e. The Morgan fingerprint density at radius 1 is 1.43 bits per heavy atom. The highest BCUT2D eigenvalue weighted by Gasteiger charge is 2.27. The Balaban J connectivity index is 2.22. The molecule has 1 aliphatic carbocycles. The maximum atomic E-state index is 4.53. The highest BCUT2D eigenvalue weighted by Crippen LogP contribution is 2.39. The normalized spacial score (nSPS) is 16.4. The molecule has 0 bridgehead atoms. The van der Waals surface area contributed by atoms with Gasteiger partial charge in [-0.1, -0.05) is 0 Å². The van der Waals surface area contributed by atoms with Gasteiger partial charge in [0.2, 0.25) is 0 Å². The fraction of sp³-hybridized carbons (Fsp3) is 0.400. The van der Waals surface area contributed by atoms with E-state index in [-0.39, 0.29) is 0 Å². The average molecular weight is 252 g/mol. The number of nitrogens with zero attached hydrogens (tertiary/aromatic N) is 2. The van der Waals surface area contributed by atoms with E-state index in [1.165, 1.54) is 12.8 Å². The van der Waals surface area contributed by atoms with Crippen LogP contribution in [0.2, 0.25) is 0 Å². The zero-order valence-corrected chi connectivity index (χ0v) is 9.43. The summed E-state index contributed by atoms with van der Waals surface area (Å²) in [5.74, 6) is 1.76. The SMILES string of the molecule is Cc1nc2[nH]c(C3CC3)nc2cc1Br. The number of fused-ring (bicyclic) bond motifs is 1. The molecule has 14 heavy (non-hydrogen) atoms. The Morgan fingerprint density at radius 3 is 2.93 bits per heavy atom. The van der Waals surface area contributed by atoms with Gasteiger partial charge in [0.25, 0.3) is 0 Å². The van der Waals surface area contributed by atoms with Gasteiger partial charge in [0.1, 0.15) is 11.3 Å². The van der Waals surface area contributed by atoms with Crippen LogP contribution < -0.4 is 0 Å². The first kappa shape index (κ1) is 8.41. The summed E-state index contributed by atoms with van der Waals surface area (Å²) in [5.41, 5.74) is 2.88. The van der Waals surface area contributed by atoms with Crippen molar-refractivity contribution >= 4 is 27.1 Å². The number of imidazole rings is 1. The van der Waals surface area contributed by atoms with E-state index in [0.29, 0.717) is 5.92 Å². The first-order valence-corrected chi connectivity index (χ1v) is 5.56. The van der Waals surface area contributed by atoms with Crippen LogP contribution in [0.4, 0.5) is 0 Å². The molecule has 0 saturated heterocycles. The summed E-state index contributed by atoms with van der Waals surface area (Å²) in [6.45, 7) is 1.99. The molecule has 0 aliphatic heterocycles. The third kappa shape index (κ3) is 1.25. The average Bonchev–Trinajstić information content (AvgIpc) is 2.90. The van der Waals surface area contributed by atoms with E-state index in [0.717, 1.165) is 27.2 Å². The molecule has 3 nitrogen and oxygen atoms in total. The number of pyridine rings is 1. The second kappa shape index (κ2) is 2.79.